The average Bonchev–Trinajstić information content (AvgIpc) is 3.05. The van der Waals surface area contributed by atoms with Gasteiger partial charge in [-0.15, -0.1) is 11.3 Å². The molecular formula is C20H21N3O2S2. The smallest absolute Gasteiger partial charge is 0.260 e. The molecule has 5 nitrogen and oxygen atoms in total. The predicted octanol–water partition coefficient (Wildman–Crippen LogP) is 3.79. The van der Waals surface area contributed by atoms with E-state index in [9.17, 15) is 9.59 Å². The molecule has 0 spiro atoms. The Morgan fingerprint density at radius 3 is 2.70 bits per heavy atom. The predicted molar refractivity (Wildman–Crippen MR) is 111 cm³/mol. The monoisotopic (exact) mass is 399 g/mol. The lowest BCUT2D eigenvalue weighted by Crippen LogP contribution is -2.27. The van der Waals surface area contributed by atoms with E-state index in [1.807, 2.05) is 30.3 Å². The third kappa shape index (κ3) is 3.53. The average molecular weight is 400 g/mol. The Morgan fingerprint density at radius 1 is 1.22 bits per heavy atom. The summed E-state index contributed by atoms with van der Waals surface area (Å²) in [5.74, 6) is -0.0283. The lowest BCUT2D eigenvalue weighted by atomic mass is 9.97. The molecule has 0 aliphatic heterocycles. The van der Waals surface area contributed by atoms with Crippen LogP contribution in [0, 0.1) is 0 Å². The Hall–Kier alpha value is -2.12. The van der Waals surface area contributed by atoms with E-state index in [1.54, 1.807) is 30.3 Å². The van der Waals surface area contributed by atoms with Crippen LogP contribution in [-0.4, -0.2) is 34.9 Å². The number of nitrogens with one attached hydrogen (secondary N) is 1. The fourth-order valence-electron chi connectivity index (χ4n) is 3.44. The van der Waals surface area contributed by atoms with Gasteiger partial charge in [0, 0.05) is 19.0 Å². The van der Waals surface area contributed by atoms with Gasteiger partial charge >= 0.3 is 0 Å². The molecule has 1 atom stereocenters. The van der Waals surface area contributed by atoms with Gasteiger partial charge in [0.2, 0.25) is 5.91 Å². The maximum absolute atomic E-state index is 12.8. The van der Waals surface area contributed by atoms with Crippen LogP contribution in [0.25, 0.3) is 10.2 Å². The number of aromatic nitrogens is 2. The molecule has 0 bridgehead atoms. The molecule has 1 amide bonds. The number of likely N-dealkylation sites (N-methyl/N-ethyl adjacent to an activating group) is 1. The second kappa shape index (κ2) is 7.48. The summed E-state index contributed by atoms with van der Waals surface area (Å²) in [6.45, 7) is 0. The minimum absolute atomic E-state index is 0.0283. The van der Waals surface area contributed by atoms with Crippen LogP contribution in [0.3, 0.4) is 0 Å². The molecule has 1 aromatic carbocycles. The second-order valence-electron chi connectivity index (χ2n) is 6.90. The number of rotatable bonds is 4. The largest absolute Gasteiger partial charge is 0.348 e. The standard InChI is InChI=1S/C20H21N3O2S2/c1-23(2)19(25)16(12-8-4-3-5-9-12)27-20-21-17(24)15-13-10-6-7-11-14(13)26-18(15)22-20/h3-5,8-9,16H,6-7,10-11H2,1-2H3,(H,21,22,24). The van der Waals surface area contributed by atoms with E-state index in [4.69, 9.17) is 4.98 Å². The molecule has 2 heterocycles. The zero-order valence-electron chi connectivity index (χ0n) is 15.3. The van der Waals surface area contributed by atoms with Gasteiger partial charge in [-0.2, -0.15) is 0 Å². The summed E-state index contributed by atoms with van der Waals surface area (Å²) in [7, 11) is 3.48. The first kappa shape index (κ1) is 18.3. The van der Waals surface area contributed by atoms with Crippen molar-refractivity contribution in [3.63, 3.8) is 0 Å². The first-order valence-electron chi connectivity index (χ1n) is 9.02. The Bertz CT molecular complexity index is 1040. The molecular weight excluding hydrogens is 378 g/mol. The Kier molecular flexibility index (Phi) is 5.06. The molecule has 7 heteroatoms. The number of carbonyl (C=O) groups excluding carboxylic acids is 1. The van der Waals surface area contributed by atoms with Crippen molar-refractivity contribution < 1.29 is 4.79 Å². The van der Waals surface area contributed by atoms with Gasteiger partial charge in [0.1, 0.15) is 10.1 Å². The maximum atomic E-state index is 12.8. The molecule has 2 aromatic heterocycles. The van der Waals surface area contributed by atoms with Crippen LogP contribution in [0.5, 0.6) is 0 Å². The number of H-pyrrole nitrogens is 1. The fraction of sp³-hybridized carbons (Fsp3) is 0.350. The van der Waals surface area contributed by atoms with Crippen LogP contribution in [0.15, 0.2) is 40.3 Å². The van der Waals surface area contributed by atoms with Gasteiger partial charge in [0.05, 0.1) is 5.39 Å². The number of carbonyl (C=O) groups is 1. The third-order valence-electron chi connectivity index (χ3n) is 4.80. The molecule has 27 heavy (non-hydrogen) atoms. The number of aryl methyl sites for hydroxylation is 2. The van der Waals surface area contributed by atoms with Gasteiger partial charge < -0.3 is 9.88 Å². The van der Waals surface area contributed by atoms with Crippen molar-refractivity contribution in [3.8, 4) is 0 Å². The lowest BCUT2D eigenvalue weighted by molar-refractivity contribution is -0.128. The highest BCUT2D eigenvalue weighted by molar-refractivity contribution is 8.00. The zero-order valence-corrected chi connectivity index (χ0v) is 17.0. The summed E-state index contributed by atoms with van der Waals surface area (Å²) in [6.07, 6.45) is 4.29. The van der Waals surface area contributed by atoms with Crippen molar-refractivity contribution in [1.29, 1.82) is 0 Å². The highest BCUT2D eigenvalue weighted by atomic mass is 32.2. The van der Waals surface area contributed by atoms with Gasteiger partial charge in [-0.3, -0.25) is 9.59 Å². The van der Waals surface area contributed by atoms with Crippen LogP contribution in [0.4, 0.5) is 0 Å². The van der Waals surface area contributed by atoms with E-state index >= 15 is 0 Å². The number of nitrogens with zero attached hydrogens (tertiary/aromatic N) is 2. The molecule has 1 aliphatic rings. The highest BCUT2D eigenvalue weighted by Crippen LogP contribution is 2.37. The van der Waals surface area contributed by atoms with Crippen molar-refractivity contribution in [2.45, 2.75) is 36.1 Å². The number of benzene rings is 1. The Morgan fingerprint density at radius 2 is 1.96 bits per heavy atom. The van der Waals surface area contributed by atoms with E-state index in [2.05, 4.69) is 4.98 Å². The minimum Gasteiger partial charge on any atom is -0.348 e. The Balaban J connectivity index is 1.74. The summed E-state index contributed by atoms with van der Waals surface area (Å²) in [5, 5.41) is 0.792. The van der Waals surface area contributed by atoms with Crippen molar-refractivity contribution >= 4 is 39.2 Å². The SMILES string of the molecule is CN(C)C(=O)C(Sc1nc2sc3c(c2c(=O)[nH]1)CCCC3)c1ccccc1. The highest BCUT2D eigenvalue weighted by Gasteiger charge is 2.26. The van der Waals surface area contributed by atoms with E-state index in [0.717, 1.165) is 35.0 Å². The number of fused-ring (bicyclic) bond motifs is 3. The summed E-state index contributed by atoms with van der Waals surface area (Å²) >= 11 is 2.93. The van der Waals surface area contributed by atoms with Crippen molar-refractivity contribution in [1.82, 2.24) is 14.9 Å². The molecule has 0 fully saturated rings. The van der Waals surface area contributed by atoms with Gasteiger partial charge in [-0.05, 0) is 36.8 Å². The number of amides is 1. The summed E-state index contributed by atoms with van der Waals surface area (Å²) in [5.41, 5.74) is 1.98. The molecule has 1 N–H and O–H groups in total. The fourth-order valence-corrected chi connectivity index (χ4v) is 5.88. The van der Waals surface area contributed by atoms with E-state index in [0.29, 0.717) is 5.16 Å². The minimum atomic E-state index is -0.448. The molecule has 0 radical (unpaired) electrons. The summed E-state index contributed by atoms with van der Waals surface area (Å²) < 4.78 is 0. The van der Waals surface area contributed by atoms with Gasteiger partial charge in [0.25, 0.3) is 5.56 Å². The van der Waals surface area contributed by atoms with Crippen LogP contribution < -0.4 is 5.56 Å². The molecule has 3 aromatic rings. The molecule has 0 saturated heterocycles. The molecule has 4 rings (SSSR count). The van der Waals surface area contributed by atoms with Crippen LogP contribution >= 0.6 is 23.1 Å². The Labute approximate surface area is 165 Å². The number of thiophene rings is 1. The van der Waals surface area contributed by atoms with Gasteiger partial charge in [-0.1, -0.05) is 42.1 Å². The quantitative estimate of drug-likeness (QED) is 0.535. The first-order chi connectivity index (χ1) is 13.0. The van der Waals surface area contributed by atoms with Gasteiger partial charge in [-0.25, -0.2) is 4.98 Å². The van der Waals surface area contributed by atoms with Gasteiger partial charge in [0.15, 0.2) is 5.16 Å². The topological polar surface area (TPSA) is 66.1 Å². The summed E-state index contributed by atoms with van der Waals surface area (Å²) in [4.78, 5) is 36.8. The number of aromatic amines is 1. The van der Waals surface area contributed by atoms with Crippen LogP contribution in [-0.2, 0) is 17.6 Å². The van der Waals surface area contributed by atoms with E-state index < -0.39 is 5.25 Å². The molecule has 1 unspecified atom stereocenters. The van der Waals surface area contributed by atoms with E-state index in [1.165, 1.54) is 28.6 Å². The number of hydrogen-bond donors (Lipinski definition) is 1. The molecule has 1 aliphatic carbocycles. The lowest BCUT2D eigenvalue weighted by Gasteiger charge is -2.20. The van der Waals surface area contributed by atoms with Crippen LogP contribution in [0.1, 0.15) is 34.1 Å². The second-order valence-corrected chi connectivity index (χ2v) is 9.08. The summed E-state index contributed by atoms with van der Waals surface area (Å²) in [6, 6.07) is 9.61. The first-order valence-corrected chi connectivity index (χ1v) is 10.7. The van der Waals surface area contributed by atoms with Crippen LogP contribution in [0.2, 0.25) is 0 Å². The number of thioether (sulfide) groups is 1. The number of hydrogen-bond acceptors (Lipinski definition) is 5. The van der Waals surface area contributed by atoms with Crippen molar-refractivity contribution in [3.05, 3.63) is 56.7 Å². The zero-order chi connectivity index (χ0) is 19.0. The molecule has 140 valence electrons. The normalized spacial score (nSPS) is 14.7. The maximum Gasteiger partial charge on any atom is 0.260 e. The third-order valence-corrected chi connectivity index (χ3v) is 7.11. The van der Waals surface area contributed by atoms with Crippen molar-refractivity contribution in [2.24, 2.45) is 0 Å². The van der Waals surface area contributed by atoms with Crippen molar-refractivity contribution in [2.75, 3.05) is 14.1 Å². The van der Waals surface area contributed by atoms with E-state index in [-0.39, 0.29) is 11.5 Å². The molecule has 0 saturated carbocycles.